The number of fused-ring (bicyclic) bond motifs is 2. The number of aromatic nitrogens is 3. The molecule has 1 aliphatic rings. The summed E-state index contributed by atoms with van der Waals surface area (Å²) in [6.07, 6.45) is 0. The number of thiazole rings is 1. The molecule has 2 aromatic heterocycles. The molecule has 0 unspecified atom stereocenters. The minimum atomic E-state index is 0.0128. The first-order chi connectivity index (χ1) is 12.8. The first kappa shape index (κ1) is 15.3. The number of hydrogen-bond acceptors (Lipinski definition) is 7. The number of nitrogens with zero attached hydrogens (tertiary/aromatic N) is 5. The van der Waals surface area contributed by atoms with Crippen LogP contribution in [0.25, 0.3) is 21.3 Å². The van der Waals surface area contributed by atoms with E-state index in [0.29, 0.717) is 29.7 Å². The van der Waals surface area contributed by atoms with Gasteiger partial charge in [0, 0.05) is 31.7 Å². The second kappa shape index (κ2) is 6.06. The second-order valence-electron chi connectivity index (χ2n) is 6.21. The first-order valence-corrected chi connectivity index (χ1v) is 9.22. The summed E-state index contributed by atoms with van der Waals surface area (Å²) in [7, 11) is 0. The van der Waals surface area contributed by atoms with Crippen LogP contribution >= 0.6 is 11.3 Å². The molecule has 0 aliphatic carbocycles. The number of carbonyl (C=O) groups excluding carboxylic acids is 1. The van der Waals surface area contributed by atoms with E-state index < -0.39 is 0 Å². The standard InChI is InChI=1S/C18H15N5O2S/c24-17(12-5-6-13-15(11-12)21-25-20-13)22-7-9-23(10-8-22)18-19-14-3-1-2-4-16(14)26-18/h1-6,11H,7-10H2. The predicted molar refractivity (Wildman–Crippen MR) is 99.5 cm³/mol. The molecular formula is C18H15N5O2S. The molecule has 2 aromatic carbocycles. The molecule has 0 N–H and O–H groups in total. The third-order valence-corrected chi connectivity index (χ3v) is 5.72. The van der Waals surface area contributed by atoms with Crippen LogP contribution in [0.4, 0.5) is 5.13 Å². The van der Waals surface area contributed by atoms with E-state index in [2.05, 4.69) is 21.3 Å². The molecule has 4 aromatic rings. The number of para-hydroxylation sites is 1. The van der Waals surface area contributed by atoms with E-state index in [0.717, 1.165) is 23.7 Å². The molecule has 8 heteroatoms. The molecule has 26 heavy (non-hydrogen) atoms. The van der Waals surface area contributed by atoms with Gasteiger partial charge in [0.2, 0.25) is 0 Å². The summed E-state index contributed by atoms with van der Waals surface area (Å²) in [4.78, 5) is 21.6. The molecule has 7 nitrogen and oxygen atoms in total. The number of rotatable bonds is 2. The normalized spacial score (nSPS) is 15.1. The Morgan fingerprint density at radius 3 is 2.62 bits per heavy atom. The van der Waals surface area contributed by atoms with E-state index in [1.165, 1.54) is 4.70 Å². The summed E-state index contributed by atoms with van der Waals surface area (Å²) in [5.41, 5.74) is 2.90. The Bertz CT molecular complexity index is 1060. The molecule has 1 aliphatic heterocycles. The Balaban J connectivity index is 1.30. The number of anilines is 1. The molecule has 1 saturated heterocycles. The lowest BCUT2D eigenvalue weighted by atomic mass is 10.1. The molecule has 0 bridgehead atoms. The third-order valence-electron chi connectivity index (χ3n) is 4.62. The van der Waals surface area contributed by atoms with Crippen molar-refractivity contribution >= 4 is 43.6 Å². The minimum Gasteiger partial charge on any atom is -0.345 e. The zero-order valence-corrected chi connectivity index (χ0v) is 14.6. The van der Waals surface area contributed by atoms with Crippen LogP contribution in [-0.2, 0) is 0 Å². The van der Waals surface area contributed by atoms with Gasteiger partial charge in [0.15, 0.2) is 5.13 Å². The molecule has 0 saturated carbocycles. The maximum atomic E-state index is 12.8. The zero-order chi connectivity index (χ0) is 17.5. The van der Waals surface area contributed by atoms with Crippen LogP contribution in [0.2, 0.25) is 0 Å². The molecule has 5 rings (SSSR count). The summed E-state index contributed by atoms with van der Waals surface area (Å²) < 4.78 is 5.89. The van der Waals surface area contributed by atoms with Gasteiger partial charge < -0.3 is 9.80 Å². The molecule has 1 amide bonds. The van der Waals surface area contributed by atoms with Gasteiger partial charge in [-0.25, -0.2) is 9.61 Å². The lowest BCUT2D eigenvalue weighted by Gasteiger charge is -2.34. The monoisotopic (exact) mass is 365 g/mol. The Morgan fingerprint density at radius 1 is 0.962 bits per heavy atom. The van der Waals surface area contributed by atoms with E-state index in [9.17, 15) is 4.79 Å². The number of benzene rings is 2. The van der Waals surface area contributed by atoms with E-state index >= 15 is 0 Å². The van der Waals surface area contributed by atoms with Gasteiger partial charge in [-0.2, -0.15) is 0 Å². The fraction of sp³-hybridized carbons (Fsp3) is 0.222. The minimum absolute atomic E-state index is 0.0128. The lowest BCUT2D eigenvalue weighted by molar-refractivity contribution is 0.0747. The fourth-order valence-corrected chi connectivity index (χ4v) is 4.21. The van der Waals surface area contributed by atoms with Gasteiger partial charge in [-0.05, 0) is 40.6 Å². The van der Waals surface area contributed by atoms with Crippen molar-refractivity contribution in [1.29, 1.82) is 0 Å². The SMILES string of the molecule is O=C(c1ccc2nonc2c1)N1CCN(c2nc3ccccc3s2)CC1. The number of hydrogen-bond donors (Lipinski definition) is 0. The fourth-order valence-electron chi connectivity index (χ4n) is 3.19. The van der Waals surface area contributed by atoms with E-state index in [4.69, 9.17) is 9.61 Å². The molecule has 1 fully saturated rings. The first-order valence-electron chi connectivity index (χ1n) is 8.40. The highest BCUT2D eigenvalue weighted by atomic mass is 32.1. The lowest BCUT2D eigenvalue weighted by Crippen LogP contribution is -2.48. The molecule has 130 valence electrons. The zero-order valence-electron chi connectivity index (χ0n) is 13.8. The Labute approximate surface area is 152 Å². The molecule has 0 radical (unpaired) electrons. The molecule has 3 heterocycles. The second-order valence-corrected chi connectivity index (χ2v) is 7.22. The van der Waals surface area contributed by atoms with Gasteiger partial charge >= 0.3 is 0 Å². The maximum absolute atomic E-state index is 12.8. The Morgan fingerprint density at radius 2 is 1.77 bits per heavy atom. The summed E-state index contributed by atoms with van der Waals surface area (Å²) >= 11 is 1.70. The van der Waals surface area contributed by atoms with Crippen molar-refractivity contribution in [3.8, 4) is 0 Å². The van der Waals surface area contributed by atoms with Crippen molar-refractivity contribution in [2.24, 2.45) is 0 Å². The van der Waals surface area contributed by atoms with Crippen molar-refractivity contribution in [1.82, 2.24) is 20.2 Å². The highest BCUT2D eigenvalue weighted by Gasteiger charge is 2.24. The topological polar surface area (TPSA) is 75.4 Å². The van der Waals surface area contributed by atoms with Gasteiger partial charge in [-0.15, -0.1) is 0 Å². The quantitative estimate of drug-likeness (QED) is 0.544. The highest BCUT2D eigenvalue weighted by molar-refractivity contribution is 7.22. The average Bonchev–Trinajstić information content (AvgIpc) is 3.33. The third kappa shape index (κ3) is 2.59. The van der Waals surface area contributed by atoms with Gasteiger partial charge in [0.05, 0.1) is 10.2 Å². The van der Waals surface area contributed by atoms with Gasteiger partial charge in [-0.1, -0.05) is 23.5 Å². The molecule has 0 spiro atoms. The largest absolute Gasteiger partial charge is 0.345 e. The van der Waals surface area contributed by atoms with Crippen molar-refractivity contribution in [2.45, 2.75) is 0 Å². The van der Waals surface area contributed by atoms with Crippen LogP contribution in [0.15, 0.2) is 47.1 Å². The van der Waals surface area contributed by atoms with E-state index in [1.807, 2.05) is 23.1 Å². The van der Waals surface area contributed by atoms with Crippen LogP contribution in [0.5, 0.6) is 0 Å². The van der Waals surface area contributed by atoms with Crippen molar-refractivity contribution < 1.29 is 9.42 Å². The van der Waals surface area contributed by atoms with Gasteiger partial charge in [-0.3, -0.25) is 4.79 Å². The predicted octanol–water partition coefficient (Wildman–Crippen LogP) is 2.79. The molecular weight excluding hydrogens is 350 g/mol. The highest BCUT2D eigenvalue weighted by Crippen LogP contribution is 2.29. The Kier molecular flexibility index (Phi) is 3.56. The van der Waals surface area contributed by atoms with Crippen LogP contribution < -0.4 is 4.90 Å². The van der Waals surface area contributed by atoms with Crippen molar-refractivity contribution in [2.75, 3.05) is 31.1 Å². The van der Waals surface area contributed by atoms with Crippen LogP contribution in [0.3, 0.4) is 0 Å². The number of carbonyl (C=O) groups is 1. The van der Waals surface area contributed by atoms with E-state index in [-0.39, 0.29) is 5.91 Å². The van der Waals surface area contributed by atoms with Gasteiger partial charge in [0.1, 0.15) is 11.0 Å². The van der Waals surface area contributed by atoms with Crippen LogP contribution in [0, 0.1) is 0 Å². The number of amides is 1. The summed E-state index contributed by atoms with van der Waals surface area (Å²) in [6.45, 7) is 2.90. The van der Waals surface area contributed by atoms with E-state index in [1.54, 1.807) is 29.5 Å². The Hall–Kier alpha value is -3.00. The van der Waals surface area contributed by atoms with Gasteiger partial charge in [0.25, 0.3) is 5.91 Å². The smallest absolute Gasteiger partial charge is 0.254 e. The average molecular weight is 365 g/mol. The summed E-state index contributed by atoms with van der Waals surface area (Å²) in [5.74, 6) is 0.0128. The van der Waals surface area contributed by atoms with Crippen molar-refractivity contribution in [3.63, 3.8) is 0 Å². The summed E-state index contributed by atoms with van der Waals surface area (Å²) in [5, 5.41) is 8.60. The van der Waals surface area contributed by atoms with Crippen LogP contribution in [0.1, 0.15) is 10.4 Å². The maximum Gasteiger partial charge on any atom is 0.254 e. The molecule has 0 atom stereocenters. The van der Waals surface area contributed by atoms with Crippen LogP contribution in [-0.4, -0.2) is 52.3 Å². The van der Waals surface area contributed by atoms with Crippen molar-refractivity contribution in [3.05, 3.63) is 48.0 Å². The number of piperazine rings is 1. The summed E-state index contributed by atoms with van der Waals surface area (Å²) in [6, 6.07) is 13.4.